The maximum Gasteiger partial charge on any atom is 0.291 e. The van der Waals surface area contributed by atoms with Crippen molar-refractivity contribution in [3.05, 3.63) is 33.7 Å². The topological polar surface area (TPSA) is 109 Å². The predicted molar refractivity (Wildman–Crippen MR) is 114 cm³/mol. The highest BCUT2D eigenvalue weighted by Crippen LogP contribution is 2.40. The van der Waals surface area contributed by atoms with Gasteiger partial charge in [-0.2, -0.15) is 5.10 Å². The third-order valence-electron chi connectivity index (χ3n) is 5.54. The van der Waals surface area contributed by atoms with Gasteiger partial charge in [-0.1, -0.05) is 0 Å². The van der Waals surface area contributed by atoms with Crippen LogP contribution in [-0.2, 0) is 16.1 Å². The summed E-state index contributed by atoms with van der Waals surface area (Å²) in [6.45, 7) is 1.66. The number of carboxylic acid groups (broad SMARTS) is 1. The van der Waals surface area contributed by atoms with Crippen LogP contribution in [-0.4, -0.2) is 62.7 Å². The second-order valence-electron chi connectivity index (χ2n) is 7.92. The Balaban J connectivity index is 0.000000687. The summed E-state index contributed by atoms with van der Waals surface area (Å²) in [6, 6.07) is 4.10. The predicted octanol–water partition coefficient (Wildman–Crippen LogP) is 1.50. The Morgan fingerprint density at radius 1 is 1.40 bits per heavy atom. The van der Waals surface area contributed by atoms with Crippen molar-refractivity contribution < 1.29 is 14.7 Å². The Morgan fingerprint density at radius 2 is 2.17 bits per heavy atom. The molecule has 1 saturated heterocycles. The van der Waals surface area contributed by atoms with Crippen molar-refractivity contribution in [1.82, 2.24) is 24.4 Å². The number of hydrogen-bond acceptors (Lipinski definition) is 6. The molecule has 10 heteroatoms. The van der Waals surface area contributed by atoms with Gasteiger partial charge in [0, 0.05) is 23.9 Å². The highest BCUT2D eigenvalue weighted by atomic mass is 32.1. The van der Waals surface area contributed by atoms with E-state index in [0.717, 1.165) is 54.8 Å². The zero-order valence-electron chi connectivity index (χ0n) is 16.8. The first-order chi connectivity index (χ1) is 14.5. The van der Waals surface area contributed by atoms with Crippen LogP contribution in [0.15, 0.2) is 22.3 Å². The number of amides is 1. The van der Waals surface area contributed by atoms with Crippen LogP contribution in [0.2, 0.25) is 0 Å². The molecule has 1 amide bonds. The number of fused-ring (bicyclic) bond motifs is 3. The number of carbonyl (C=O) groups excluding carboxylic acids is 1. The van der Waals surface area contributed by atoms with Gasteiger partial charge < -0.3 is 15.3 Å². The highest BCUT2D eigenvalue weighted by molar-refractivity contribution is 7.16. The zero-order valence-corrected chi connectivity index (χ0v) is 17.6. The number of aromatic nitrogens is 3. The van der Waals surface area contributed by atoms with E-state index in [-0.39, 0.29) is 30.5 Å². The minimum absolute atomic E-state index is 0.0197. The molecule has 3 aromatic heterocycles. The van der Waals surface area contributed by atoms with Gasteiger partial charge in [-0.05, 0) is 56.8 Å². The molecule has 0 bridgehead atoms. The molecule has 4 heterocycles. The normalized spacial score (nSPS) is 19.4. The number of likely N-dealkylation sites (tertiary alicyclic amines) is 1. The molecule has 1 aliphatic carbocycles. The third kappa shape index (κ3) is 4.10. The number of nitrogens with one attached hydrogen (secondary N) is 1. The lowest BCUT2D eigenvalue weighted by atomic mass is 10.1. The summed E-state index contributed by atoms with van der Waals surface area (Å²) < 4.78 is 3.36. The summed E-state index contributed by atoms with van der Waals surface area (Å²) in [5.74, 6) is 1.16. The van der Waals surface area contributed by atoms with Gasteiger partial charge in [0.05, 0.1) is 0 Å². The van der Waals surface area contributed by atoms with Crippen LogP contribution in [0.25, 0.3) is 15.7 Å². The molecular weight excluding hydrogens is 406 g/mol. The van der Waals surface area contributed by atoms with Crippen LogP contribution >= 0.6 is 11.3 Å². The van der Waals surface area contributed by atoms with Crippen molar-refractivity contribution in [2.24, 2.45) is 0 Å². The van der Waals surface area contributed by atoms with Gasteiger partial charge in [-0.25, -0.2) is 4.68 Å². The molecule has 0 spiro atoms. The molecule has 1 atom stereocenters. The number of nitrogens with zero attached hydrogens (tertiary/aromatic N) is 4. The smallest absolute Gasteiger partial charge is 0.291 e. The molecule has 3 aromatic rings. The largest absolute Gasteiger partial charge is 0.483 e. The van der Waals surface area contributed by atoms with Crippen LogP contribution in [0.1, 0.15) is 37.4 Å². The quantitative estimate of drug-likeness (QED) is 0.606. The van der Waals surface area contributed by atoms with Crippen molar-refractivity contribution in [1.29, 1.82) is 0 Å². The van der Waals surface area contributed by atoms with Crippen LogP contribution in [0.5, 0.6) is 0 Å². The monoisotopic (exact) mass is 431 g/mol. The first-order valence-corrected chi connectivity index (χ1v) is 10.9. The van der Waals surface area contributed by atoms with E-state index >= 15 is 0 Å². The molecule has 0 aromatic carbocycles. The Kier molecular flexibility index (Phi) is 5.87. The second kappa shape index (κ2) is 8.57. The van der Waals surface area contributed by atoms with Crippen LogP contribution in [0, 0.1) is 0 Å². The second-order valence-corrected chi connectivity index (χ2v) is 8.81. The maximum atomic E-state index is 13.0. The fraction of sp³-hybridized carbons (Fsp3) is 0.500. The molecule has 2 N–H and O–H groups in total. The van der Waals surface area contributed by atoms with Gasteiger partial charge in [0.25, 0.3) is 12.0 Å². The fourth-order valence-electron chi connectivity index (χ4n) is 4.06. The number of rotatable bonds is 4. The zero-order chi connectivity index (χ0) is 21.3. The van der Waals surface area contributed by atoms with E-state index in [1.165, 1.54) is 4.68 Å². The molecule has 5 rings (SSSR count). The number of thiophene rings is 1. The van der Waals surface area contributed by atoms with Gasteiger partial charge in [0.2, 0.25) is 5.91 Å². The van der Waals surface area contributed by atoms with Crippen LogP contribution < -0.4 is 10.9 Å². The van der Waals surface area contributed by atoms with E-state index in [4.69, 9.17) is 9.90 Å². The van der Waals surface area contributed by atoms with E-state index < -0.39 is 0 Å². The summed E-state index contributed by atoms with van der Waals surface area (Å²) in [7, 11) is 2.07. The van der Waals surface area contributed by atoms with Gasteiger partial charge >= 0.3 is 0 Å². The minimum Gasteiger partial charge on any atom is -0.483 e. The lowest BCUT2D eigenvalue weighted by Crippen LogP contribution is -2.48. The van der Waals surface area contributed by atoms with E-state index in [1.807, 2.05) is 21.9 Å². The molecule has 160 valence electrons. The number of likely N-dealkylation sites (N-methyl/N-ethyl adjacent to an activating group) is 1. The fourth-order valence-corrected chi connectivity index (χ4v) is 4.97. The Bertz CT molecular complexity index is 1130. The maximum absolute atomic E-state index is 13.0. The molecule has 1 saturated carbocycles. The molecule has 0 radical (unpaired) electrons. The molecule has 2 aliphatic rings. The molecular formula is C20H25N5O4S. The molecule has 1 aliphatic heterocycles. The number of carbonyl (C=O) groups is 2. The first-order valence-electron chi connectivity index (χ1n) is 10.1. The summed E-state index contributed by atoms with van der Waals surface area (Å²) >= 11 is 1.63. The van der Waals surface area contributed by atoms with E-state index in [0.29, 0.717) is 11.4 Å². The van der Waals surface area contributed by atoms with Crippen LogP contribution in [0.3, 0.4) is 0 Å². The first kappa shape index (κ1) is 20.5. The van der Waals surface area contributed by atoms with Crippen molar-refractivity contribution in [3.63, 3.8) is 0 Å². The SMILES string of the molecule is CN1CCC[C@@H](NC(=O)Cn2nc(C3CC3)n3c(cc4ccsc43)c2=O)C1.O=CO. The van der Waals surface area contributed by atoms with Crippen molar-refractivity contribution in [3.8, 4) is 0 Å². The standard InChI is InChI=1S/C19H23N5O2S.CH2O2/c1-22-7-2-3-14(10-22)20-16(25)11-23-18(26)15-9-13-6-8-27-19(13)24(15)17(21-23)12-4-5-12;2-1-3/h6,8-9,12,14H,2-5,7,10-11H2,1H3,(H,20,25);1H,(H,2,3)/t14-;/m1./s1. The van der Waals surface area contributed by atoms with Crippen LogP contribution in [0.4, 0.5) is 0 Å². The lowest BCUT2D eigenvalue weighted by Gasteiger charge is -2.30. The van der Waals surface area contributed by atoms with Crippen molar-refractivity contribution in [2.45, 2.75) is 44.2 Å². The Hall–Kier alpha value is -2.72. The summed E-state index contributed by atoms with van der Waals surface area (Å²) in [6.07, 6.45) is 4.25. The van der Waals surface area contributed by atoms with Gasteiger partial charge in [-0.15, -0.1) is 11.3 Å². The third-order valence-corrected chi connectivity index (χ3v) is 6.46. The average molecular weight is 432 g/mol. The summed E-state index contributed by atoms with van der Waals surface area (Å²) in [5, 5.41) is 17.7. The van der Waals surface area contributed by atoms with E-state index in [9.17, 15) is 9.59 Å². The molecule has 9 nitrogen and oxygen atoms in total. The number of hydrogen-bond donors (Lipinski definition) is 2. The Labute approximate surface area is 176 Å². The number of piperidine rings is 1. The molecule has 0 unspecified atom stereocenters. The summed E-state index contributed by atoms with van der Waals surface area (Å²) in [5.41, 5.74) is 0.428. The van der Waals surface area contributed by atoms with Gasteiger partial charge in [0.1, 0.15) is 22.7 Å². The van der Waals surface area contributed by atoms with Crippen molar-refractivity contribution >= 4 is 39.4 Å². The van der Waals surface area contributed by atoms with Gasteiger partial charge in [0.15, 0.2) is 0 Å². The lowest BCUT2D eigenvalue weighted by molar-refractivity contribution is -0.123. The Morgan fingerprint density at radius 3 is 2.87 bits per heavy atom. The highest BCUT2D eigenvalue weighted by Gasteiger charge is 2.30. The molecule has 2 fully saturated rings. The average Bonchev–Trinajstić information content (AvgIpc) is 3.33. The summed E-state index contributed by atoms with van der Waals surface area (Å²) in [4.78, 5) is 37.2. The van der Waals surface area contributed by atoms with Crippen molar-refractivity contribution in [2.75, 3.05) is 20.1 Å². The van der Waals surface area contributed by atoms with E-state index in [2.05, 4.69) is 22.4 Å². The van der Waals surface area contributed by atoms with Gasteiger partial charge in [-0.3, -0.25) is 18.8 Å². The molecule has 30 heavy (non-hydrogen) atoms. The minimum atomic E-state index is -0.250. The van der Waals surface area contributed by atoms with E-state index in [1.54, 1.807) is 11.3 Å².